The molecule has 0 saturated carbocycles. The van der Waals surface area contributed by atoms with E-state index in [4.69, 9.17) is 8.83 Å². The van der Waals surface area contributed by atoms with Crippen molar-refractivity contribution in [3.8, 4) is 0 Å². The first-order valence-electron chi connectivity index (χ1n) is 5.56. The molecule has 16 heavy (non-hydrogen) atoms. The van der Waals surface area contributed by atoms with Gasteiger partial charge in [0.05, 0.1) is 12.3 Å². The van der Waals surface area contributed by atoms with Gasteiger partial charge >= 0.3 is 0 Å². The van der Waals surface area contributed by atoms with Crippen LogP contribution in [0.2, 0.25) is 0 Å². The van der Waals surface area contributed by atoms with Crippen LogP contribution in [0.15, 0.2) is 33.3 Å². The second-order valence-corrected chi connectivity index (χ2v) is 3.82. The van der Waals surface area contributed by atoms with Crippen molar-refractivity contribution in [3.63, 3.8) is 0 Å². The summed E-state index contributed by atoms with van der Waals surface area (Å²) in [5.74, 6) is 2.86. The molecule has 0 bridgehead atoms. The predicted octanol–water partition coefficient (Wildman–Crippen LogP) is 3.05. The molecule has 0 radical (unpaired) electrons. The number of furan rings is 2. The lowest BCUT2D eigenvalue weighted by Crippen LogP contribution is -2.17. The minimum atomic E-state index is 0.0717. The van der Waals surface area contributed by atoms with Crippen LogP contribution < -0.4 is 5.32 Å². The summed E-state index contributed by atoms with van der Waals surface area (Å²) in [7, 11) is 1.93. The van der Waals surface area contributed by atoms with Gasteiger partial charge in [-0.15, -0.1) is 0 Å². The molecule has 2 rings (SSSR count). The Balaban J connectivity index is 2.36. The SMILES string of the molecule is CCc1occc1C(NC)c1ccc(C)o1. The van der Waals surface area contributed by atoms with Crippen molar-refractivity contribution in [3.05, 3.63) is 47.3 Å². The summed E-state index contributed by atoms with van der Waals surface area (Å²) >= 11 is 0. The molecule has 0 amide bonds. The summed E-state index contributed by atoms with van der Waals surface area (Å²) in [6.07, 6.45) is 2.62. The molecule has 3 heteroatoms. The first-order valence-corrected chi connectivity index (χ1v) is 5.56. The van der Waals surface area contributed by atoms with E-state index in [2.05, 4.69) is 12.2 Å². The maximum absolute atomic E-state index is 5.66. The van der Waals surface area contributed by atoms with E-state index in [1.807, 2.05) is 32.2 Å². The zero-order valence-electron chi connectivity index (χ0n) is 9.91. The molecule has 1 unspecified atom stereocenters. The molecule has 0 aliphatic rings. The zero-order chi connectivity index (χ0) is 11.5. The minimum Gasteiger partial charge on any atom is -0.469 e. The van der Waals surface area contributed by atoms with Crippen LogP contribution >= 0.6 is 0 Å². The Kier molecular flexibility index (Phi) is 3.15. The molecule has 0 spiro atoms. The van der Waals surface area contributed by atoms with Crippen LogP contribution in [-0.4, -0.2) is 7.05 Å². The van der Waals surface area contributed by atoms with Gasteiger partial charge in [0.25, 0.3) is 0 Å². The highest BCUT2D eigenvalue weighted by Gasteiger charge is 2.19. The number of hydrogen-bond acceptors (Lipinski definition) is 3. The lowest BCUT2D eigenvalue weighted by atomic mass is 10.0. The highest BCUT2D eigenvalue weighted by atomic mass is 16.3. The van der Waals surface area contributed by atoms with Gasteiger partial charge in [0, 0.05) is 12.0 Å². The summed E-state index contributed by atoms with van der Waals surface area (Å²) in [4.78, 5) is 0. The molecule has 1 N–H and O–H groups in total. The fourth-order valence-electron chi connectivity index (χ4n) is 1.95. The monoisotopic (exact) mass is 219 g/mol. The maximum Gasteiger partial charge on any atom is 0.125 e. The highest BCUT2D eigenvalue weighted by Crippen LogP contribution is 2.27. The quantitative estimate of drug-likeness (QED) is 0.858. The van der Waals surface area contributed by atoms with Crippen molar-refractivity contribution in [1.29, 1.82) is 0 Å². The lowest BCUT2D eigenvalue weighted by molar-refractivity contribution is 0.436. The van der Waals surface area contributed by atoms with E-state index in [0.29, 0.717) is 0 Å². The Hall–Kier alpha value is -1.48. The molecule has 2 aromatic heterocycles. The number of hydrogen-bond donors (Lipinski definition) is 1. The van der Waals surface area contributed by atoms with Crippen molar-refractivity contribution in [2.75, 3.05) is 7.05 Å². The third-order valence-corrected chi connectivity index (χ3v) is 2.75. The Morgan fingerprint density at radius 2 is 2.12 bits per heavy atom. The summed E-state index contributed by atoms with van der Waals surface area (Å²) in [5.41, 5.74) is 1.15. The predicted molar refractivity (Wildman–Crippen MR) is 62.4 cm³/mol. The third-order valence-electron chi connectivity index (χ3n) is 2.75. The Morgan fingerprint density at radius 3 is 2.69 bits per heavy atom. The Bertz CT molecular complexity index is 456. The van der Waals surface area contributed by atoms with Gasteiger partial charge in [-0.25, -0.2) is 0 Å². The van der Waals surface area contributed by atoms with Crippen LogP contribution in [0.3, 0.4) is 0 Å². The molecule has 0 aromatic carbocycles. The van der Waals surface area contributed by atoms with Crippen LogP contribution in [0.25, 0.3) is 0 Å². The molecule has 0 fully saturated rings. The fourth-order valence-corrected chi connectivity index (χ4v) is 1.95. The van der Waals surface area contributed by atoms with Gasteiger partial charge in [0.2, 0.25) is 0 Å². The average molecular weight is 219 g/mol. The van der Waals surface area contributed by atoms with Crippen LogP contribution in [0.1, 0.15) is 35.8 Å². The lowest BCUT2D eigenvalue weighted by Gasteiger charge is -2.13. The summed E-state index contributed by atoms with van der Waals surface area (Å²) in [6, 6.07) is 6.05. The van der Waals surface area contributed by atoms with Crippen molar-refractivity contribution < 1.29 is 8.83 Å². The van der Waals surface area contributed by atoms with Crippen LogP contribution in [0, 0.1) is 6.92 Å². The molecule has 0 aliphatic heterocycles. The van der Waals surface area contributed by atoms with Crippen LogP contribution in [-0.2, 0) is 6.42 Å². The maximum atomic E-state index is 5.66. The fraction of sp³-hybridized carbons (Fsp3) is 0.385. The first-order chi connectivity index (χ1) is 7.76. The second-order valence-electron chi connectivity index (χ2n) is 3.82. The van der Waals surface area contributed by atoms with Gasteiger partial charge in [-0.1, -0.05) is 6.92 Å². The number of nitrogens with one attached hydrogen (secondary N) is 1. The standard InChI is InChI=1S/C13H17NO2/c1-4-11-10(7-8-15-11)13(14-3)12-6-5-9(2)16-12/h5-8,13-14H,4H2,1-3H3. The Labute approximate surface area is 95.5 Å². The summed E-state index contributed by atoms with van der Waals surface area (Å²) < 4.78 is 11.1. The van der Waals surface area contributed by atoms with Crippen LogP contribution in [0.5, 0.6) is 0 Å². The van der Waals surface area contributed by atoms with Crippen molar-refractivity contribution >= 4 is 0 Å². The Morgan fingerprint density at radius 1 is 1.31 bits per heavy atom. The molecule has 1 atom stereocenters. The van der Waals surface area contributed by atoms with Gasteiger partial charge in [0.15, 0.2) is 0 Å². The van der Waals surface area contributed by atoms with Crippen LogP contribution in [0.4, 0.5) is 0 Å². The average Bonchev–Trinajstić information content (AvgIpc) is 2.89. The van der Waals surface area contributed by atoms with Gasteiger partial charge in [0.1, 0.15) is 17.3 Å². The van der Waals surface area contributed by atoms with Gasteiger partial charge in [-0.2, -0.15) is 0 Å². The molecule has 2 aromatic rings. The van der Waals surface area contributed by atoms with E-state index in [-0.39, 0.29) is 6.04 Å². The first kappa shape index (κ1) is 11.0. The molecule has 86 valence electrons. The summed E-state index contributed by atoms with van der Waals surface area (Å²) in [6.45, 7) is 4.04. The second kappa shape index (κ2) is 4.58. The van der Waals surface area contributed by atoms with Crippen molar-refractivity contribution in [2.45, 2.75) is 26.3 Å². The highest BCUT2D eigenvalue weighted by molar-refractivity contribution is 5.29. The third kappa shape index (κ3) is 1.91. The normalized spacial score (nSPS) is 12.9. The number of rotatable bonds is 4. The molecule has 0 aliphatic carbocycles. The zero-order valence-corrected chi connectivity index (χ0v) is 9.91. The van der Waals surface area contributed by atoms with E-state index in [1.165, 1.54) is 0 Å². The molecular weight excluding hydrogens is 202 g/mol. The smallest absolute Gasteiger partial charge is 0.125 e. The van der Waals surface area contributed by atoms with E-state index < -0.39 is 0 Å². The van der Waals surface area contributed by atoms with E-state index in [9.17, 15) is 0 Å². The molecular formula is C13H17NO2. The minimum absolute atomic E-state index is 0.0717. The van der Waals surface area contributed by atoms with Gasteiger partial charge < -0.3 is 14.2 Å². The molecule has 2 heterocycles. The summed E-state index contributed by atoms with van der Waals surface area (Å²) in [5, 5.41) is 3.26. The van der Waals surface area contributed by atoms with E-state index in [0.717, 1.165) is 29.3 Å². The van der Waals surface area contributed by atoms with Gasteiger partial charge in [-0.3, -0.25) is 0 Å². The van der Waals surface area contributed by atoms with E-state index in [1.54, 1.807) is 6.26 Å². The molecule has 3 nitrogen and oxygen atoms in total. The van der Waals surface area contributed by atoms with E-state index >= 15 is 0 Å². The van der Waals surface area contributed by atoms with Crippen molar-refractivity contribution in [1.82, 2.24) is 5.32 Å². The molecule has 0 saturated heterocycles. The largest absolute Gasteiger partial charge is 0.469 e. The topological polar surface area (TPSA) is 38.3 Å². The van der Waals surface area contributed by atoms with Crippen molar-refractivity contribution in [2.24, 2.45) is 0 Å². The van der Waals surface area contributed by atoms with Gasteiger partial charge in [-0.05, 0) is 32.2 Å². The number of aryl methyl sites for hydroxylation is 2.